The topological polar surface area (TPSA) is 76.1 Å². The van der Waals surface area contributed by atoms with E-state index in [4.69, 9.17) is 23.2 Å². The first-order valence-electron chi connectivity index (χ1n) is 7.60. The molecule has 2 aromatic carbocycles. The van der Waals surface area contributed by atoms with Crippen molar-refractivity contribution in [3.63, 3.8) is 0 Å². The molecular weight excluding hydrogens is 415 g/mol. The molecule has 0 radical (unpaired) electrons. The second kappa shape index (κ2) is 7.15. The van der Waals surface area contributed by atoms with E-state index in [0.29, 0.717) is 31.0 Å². The van der Waals surface area contributed by atoms with Crippen LogP contribution >= 0.6 is 34.5 Å². The van der Waals surface area contributed by atoms with Crippen LogP contribution in [-0.4, -0.2) is 24.6 Å². The van der Waals surface area contributed by atoms with Gasteiger partial charge in [-0.2, -0.15) is 0 Å². The number of carbonyl (C=O) groups is 1. The number of nitrogens with zero attached hydrogens (tertiary/aromatic N) is 1. The number of nitrogens with one attached hydrogen (secondary N) is 1. The van der Waals surface area contributed by atoms with Gasteiger partial charge in [0.2, 0.25) is 0 Å². The van der Waals surface area contributed by atoms with Crippen LogP contribution < -0.4 is 5.32 Å². The van der Waals surface area contributed by atoms with E-state index in [-0.39, 0.29) is 4.90 Å². The molecule has 3 aromatic rings. The molecule has 136 valence electrons. The summed E-state index contributed by atoms with van der Waals surface area (Å²) < 4.78 is 25.0. The van der Waals surface area contributed by atoms with E-state index in [1.165, 1.54) is 35.6 Å². The van der Waals surface area contributed by atoms with Crippen molar-refractivity contribution in [1.82, 2.24) is 4.98 Å². The summed E-state index contributed by atoms with van der Waals surface area (Å²) >= 11 is 13.4. The summed E-state index contributed by atoms with van der Waals surface area (Å²) in [4.78, 5) is 16.9. The van der Waals surface area contributed by atoms with Crippen LogP contribution in [0.15, 0.2) is 41.3 Å². The maximum absolute atomic E-state index is 12.4. The van der Waals surface area contributed by atoms with Crippen molar-refractivity contribution < 1.29 is 13.2 Å². The number of anilines is 1. The van der Waals surface area contributed by atoms with Crippen molar-refractivity contribution in [2.24, 2.45) is 0 Å². The highest BCUT2D eigenvalue weighted by Gasteiger charge is 2.20. The number of thiazole rings is 1. The zero-order valence-corrected chi connectivity index (χ0v) is 16.9. The van der Waals surface area contributed by atoms with E-state index < -0.39 is 21.0 Å². The van der Waals surface area contributed by atoms with Crippen molar-refractivity contribution in [2.45, 2.75) is 24.0 Å². The number of rotatable bonds is 4. The van der Waals surface area contributed by atoms with Gasteiger partial charge in [-0.15, -0.1) is 0 Å². The number of aromatic nitrogens is 1. The van der Waals surface area contributed by atoms with E-state index in [1.807, 2.05) is 0 Å². The molecule has 0 unspecified atom stereocenters. The van der Waals surface area contributed by atoms with Gasteiger partial charge in [0.25, 0.3) is 5.91 Å². The lowest BCUT2D eigenvalue weighted by Gasteiger charge is -2.08. The fourth-order valence-electron chi connectivity index (χ4n) is 2.24. The minimum atomic E-state index is -3.38. The van der Waals surface area contributed by atoms with Gasteiger partial charge in [-0.3, -0.25) is 10.1 Å². The smallest absolute Gasteiger partial charge is 0.257 e. The first-order valence-corrected chi connectivity index (χ1v) is 10.7. The monoisotopic (exact) mass is 428 g/mol. The molecule has 1 aromatic heterocycles. The van der Waals surface area contributed by atoms with Crippen LogP contribution in [0.5, 0.6) is 0 Å². The minimum absolute atomic E-state index is 0.183. The highest BCUT2D eigenvalue weighted by molar-refractivity contribution is 7.92. The summed E-state index contributed by atoms with van der Waals surface area (Å²) in [6.45, 7) is 3.22. The van der Waals surface area contributed by atoms with Crippen LogP contribution in [0.4, 0.5) is 5.13 Å². The summed E-state index contributed by atoms with van der Waals surface area (Å²) in [5.74, 6) is -0.398. The van der Waals surface area contributed by atoms with Crippen LogP contribution in [0.1, 0.15) is 24.2 Å². The average molecular weight is 429 g/mol. The molecule has 0 spiro atoms. The maximum Gasteiger partial charge on any atom is 0.257 e. The highest BCUT2D eigenvalue weighted by Crippen LogP contribution is 2.36. The van der Waals surface area contributed by atoms with Crippen molar-refractivity contribution in [3.05, 3.63) is 52.0 Å². The Morgan fingerprint density at radius 3 is 2.27 bits per heavy atom. The predicted octanol–water partition coefficient (Wildman–Crippen LogP) is 5.04. The molecule has 1 amide bonds. The largest absolute Gasteiger partial charge is 0.298 e. The molecule has 0 aliphatic heterocycles. The zero-order valence-electron chi connectivity index (χ0n) is 13.8. The Kier molecular flexibility index (Phi) is 5.25. The van der Waals surface area contributed by atoms with Gasteiger partial charge < -0.3 is 0 Å². The van der Waals surface area contributed by atoms with Gasteiger partial charge in [0.05, 0.1) is 24.9 Å². The molecular formula is C17H14Cl2N2O3S2. The van der Waals surface area contributed by atoms with Gasteiger partial charge >= 0.3 is 0 Å². The third-order valence-electron chi connectivity index (χ3n) is 3.73. The molecule has 1 N–H and O–H groups in total. The van der Waals surface area contributed by atoms with Gasteiger partial charge in [-0.25, -0.2) is 13.4 Å². The Labute approximate surface area is 164 Å². The normalized spacial score (nSPS) is 11.9. The van der Waals surface area contributed by atoms with Crippen LogP contribution in [-0.2, 0) is 9.84 Å². The fraction of sp³-hybridized carbons (Fsp3) is 0.176. The first-order chi connectivity index (χ1) is 12.2. The second-order valence-electron chi connectivity index (χ2n) is 5.80. The van der Waals surface area contributed by atoms with Gasteiger partial charge in [-0.05, 0) is 50.2 Å². The minimum Gasteiger partial charge on any atom is -0.298 e. The van der Waals surface area contributed by atoms with E-state index in [0.717, 1.165) is 0 Å². The third-order valence-corrected chi connectivity index (χ3v) is 7.64. The van der Waals surface area contributed by atoms with Gasteiger partial charge in [0.1, 0.15) is 5.52 Å². The zero-order chi connectivity index (χ0) is 19.1. The number of hydrogen-bond acceptors (Lipinski definition) is 5. The number of sulfone groups is 1. The molecule has 0 saturated heterocycles. The number of benzene rings is 2. The highest BCUT2D eigenvalue weighted by atomic mass is 35.5. The molecule has 3 rings (SSSR count). The molecule has 0 fully saturated rings. The third kappa shape index (κ3) is 3.57. The molecule has 1 heterocycles. The number of halogens is 2. The van der Waals surface area contributed by atoms with Crippen molar-refractivity contribution in [3.8, 4) is 0 Å². The average Bonchev–Trinajstić information content (AvgIpc) is 3.03. The summed E-state index contributed by atoms with van der Waals surface area (Å²) in [6, 6.07) is 9.11. The van der Waals surface area contributed by atoms with E-state index in [2.05, 4.69) is 10.3 Å². The summed E-state index contributed by atoms with van der Waals surface area (Å²) in [6.07, 6.45) is 0. The molecule has 26 heavy (non-hydrogen) atoms. The Bertz CT molecular complexity index is 1050. The van der Waals surface area contributed by atoms with Crippen molar-refractivity contribution in [2.75, 3.05) is 5.32 Å². The van der Waals surface area contributed by atoms with E-state index in [9.17, 15) is 13.2 Å². The molecule has 0 saturated carbocycles. The quantitative estimate of drug-likeness (QED) is 0.631. The number of amides is 1. The van der Waals surface area contributed by atoms with Crippen LogP contribution in [0.25, 0.3) is 10.2 Å². The molecule has 0 aliphatic rings. The van der Waals surface area contributed by atoms with Crippen molar-refractivity contribution in [1.29, 1.82) is 0 Å². The van der Waals surface area contributed by atoms with E-state index >= 15 is 0 Å². The van der Waals surface area contributed by atoms with Gasteiger partial charge in [-0.1, -0.05) is 34.5 Å². The van der Waals surface area contributed by atoms with Gasteiger partial charge in [0.15, 0.2) is 15.0 Å². The molecule has 0 bridgehead atoms. The van der Waals surface area contributed by atoms with Crippen molar-refractivity contribution >= 4 is 65.6 Å². The number of hydrogen-bond donors (Lipinski definition) is 1. The Morgan fingerprint density at radius 1 is 1.08 bits per heavy atom. The lowest BCUT2D eigenvalue weighted by Crippen LogP contribution is -2.15. The second-order valence-corrected chi connectivity index (χ2v) is 10.1. The van der Waals surface area contributed by atoms with E-state index in [1.54, 1.807) is 26.0 Å². The predicted molar refractivity (Wildman–Crippen MR) is 106 cm³/mol. The Hall–Kier alpha value is -1.67. The molecule has 0 aliphatic carbocycles. The van der Waals surface area contributed by atoms with Crippen LogP contribution in [0.3, 0.4) is 0 Å². The first kappa shape index (κ1) is 19.1. The molecule has 9 heteroatoms. The lowest BCUT2D eigenvalue weighted by atomic mass is 10.2. The number of carbonyl (C=O) groups excluding carboxylic acids is 1. The fourth-order valence-corrected chi connectivity index (χ4v) is 4.71. The SMILES string of the molecule is CC(C)S(=O)(=O)c1ccc(C(=O)Nc2nc3c(Cl)ccc(Cl)c3s2)cc1. The summed E-state index contributed by atoms with van der Waals surface area (Å²) in [5, 5.41) is 3.47. The lowest BCUT2D eigenvalue weighted by molar-refractivity contribution is 0.102. The Morgan fingerprint density at radius 2 is 1.69 bits per heavy atom. The number of fused-ring (bicyclic) bond motifs is 1. The standard InChI is InChI=1S/C17H14Cl2N2O3S2/c1-9(2)26(23,24)11-5-3-10(4-6-11)16(22)21-17-20-14-12(18)7-8-13(19)15(14)25-17/h3-9H,1-2H3,(H,20,21,22). The Balaban J connectivity index is 1.85. The summed E-state index contributed by atoms with van der Waals surface area (Å²) in [7, 11) is -3.38. The maximum atomic E-state index is 12.4. The summed E-state index contributed by atoms with van der Waals surface area (Å²) in [5.41, 5.74) is 0.849. The van der Waals surface area contributed by atoms with Crippen LogP contribution in [0, 0.1) is 0 Å². The van der Waals surface area contributed by atoms with Gasteiger partial charge in [0, 0.05) is 5.56 Å². The molecule has 5 nitrogen and oxygen atoms in total. The van der Waals surface area contributed by atoms with Crippen LogP contribution in [0.2, 0.25) is 10.0 Å². The molecule has 0 atom stereocenters.